The van der Waals surface area contributed by atoms with Crippen molar-refractivity contribution >= 4 is 34.5 Å². The van der Waals surface area contributed by atoms with Crippen LogP contribution < -0.4 is 10.6 Å². The molecule has 35 heavy (non-hydrogen) atoms. The summed E-state index contributed by atoms with van der Waals surface area (Å²) in [6.07, 6.45) is 3.37. The van der Waals surface area contributed by atoms with E-state index in [1.165, 1.54) is 0 Å². The number of para-hydroxylation sites is 1. The number of fused-ring (bicyclic) bond motifs is 1. The van der Waals surface area contributed by atoms with Crippen LogP contribution in [0.15, 0.2) is 34.7 Å². The summed E-state index contributed by atoms with van der Waals surface area (Å²) in [6, 6.07) is 8.60. The molecule has 1 aromatic heterocycles. The molecule has 1 aliphatic rings. The van der Waals surface area contributed by atoms with Gasteiger partial charge in [0, 0.05) is 31.3 Å². The van der Waals surface area contributed by atoms with Crippen molar-refractivity contribution in [1.82, 2.24) is 15.5 Å². The van der Waals surface area contributed by atoms with E-state index in [1.807, 2.05) is 31.2 Å². The van der Waals surface area contributed by atoms with Gasteiger partial charge in [-0.1, -0.05) is 39.0 Å². The molecule has 1 aromatic carbocycles. The second-order valence-electron chi connectivity index (χ2n) is 9.98. The quantitative estimate of drug-likeness (QED) is 0.536. The van der Waals surface area contributed by atoms with Crippen LogP contribution in [0.2, 0.25) is 0 Å². The first-order valence-corrected chi connectivity index (χ1v) is 12.6. The van der Waals surface area contributed by atoms with Gasteiger partial charge in [0.05, 0.1) is 12.6 Å². The largest absolute Gasteiger partial charge is 0.451 e. The van der Waals surface area contributed by atoms with Crippen molar-refractivity contribution in [3.63, 3.8) is 0 Å². The Bertz CT molecular complexity index is 1010. The smallest absolute Gasteiger partial charge is 0.287 e. The molecule has 2 heterocycles. The van der Waals surface area contributed by atoms with Gasteiger partial charge in [-0.2, -0.15) is 0 Å². The SMILES string of the molecule is CC(C)CCC(=O)N1CCCC(NC(=O)C[C@@H](C)CCNC(=O)c2cc3ccccc3o2)C(=O)C1. The number of benzene rings is 1. The Labute approximate surface area is 206 Å². The fraction of sp³-hybridized carbons (Fsp3) is 0.556. The van der Waals surface area contributed by atoms with Crippen molar-refractivity contribution in [1.29, 1.82) is 0 Å². The van der Waals surface area contributed by atoms with Gasteiger partial charge in [-0.05, 0) is 49.7 Å². The highest BCUT2D eigenvalue weighted by molar-refractivity contribution is 5.96. The van der Waals surface area contributed by atoms with E-state index in [2.05, 4.69) is 24.5 Å². The number of likely N-dealkylation sites (tertiary alicyclic amines) is 1. The summed E-state index contributed by atoms with van der Waals surface area (Å²) in [6.45, 7) is 7.11. The number of rotatable bonds is 10. The minimum Gasteiger partial charge on any atom is -0.451 e. The average molecular weight is 484 g/mol. The number of hydrogen-bond donors (Lipinski definition) is 2. The number of nitrogens with zero attached hydrogens (tertiary/aromatic N) is 1. The van der Waals surface area contributed by atoms with E-state index in [9.17, 15) is 19.2 Å². The van der Waals surface area contributed by atoms with E-state index in [0.717, 1.165) is 11.8 Å². The van der Waals surface area contributed by atoms with E-state index < -0.39 is 6.04 Å². The summed E-state index contributed by atoms with van der Waals surface area (Å²) in [7, 11) is 0. The molecule has 2 N–H and O–H groups in total. The van der Waals surface area contributed by atoms with Crippen LogP contribution in [0.25, 0.3) is 11.0 Å². The molecule has 2 aromatic rings. The summed E-state index contributed by atoms with van der Waals surface area (Å²) in [5.74, 6) is 0.167. The fourth-order valence-electron chi connectivity index (χ4n) is 4.25. The average Bonchev–Trinajstić information content (AvgIpc) is 3.17. The van der Waals surface area contributed by atoms with Crippen molar-refractivity contribution in [2.75, 3.05) is 19.6 Å². The van der Waals surface area contributed by atoms with E-state index in [1.54, 1.807) is 11.0 Å². The fourth-order valence-corrected chi connectivity index (χ4v) is 4.25. The van der Waals surface area contributed by atoms with Gasteiger partial charge < -0.3 is 20.0 Å². The second kappa shape index (κ2) is 12.5. The Kier molecular flexibility index (Phi) is 9.46. The summed E-state index contributed by atoms with van der Waals surface area (Å²) in [5.41, 5.74) is 0.666. The van der Waals surface area contributed by atoms with Crippen LogP contribution in [-0.4, -0.2) is 54.1 Å². The molecule has 0 spiro atoms. The molecule has 0 aliphatic carbocycles. The van der Waals surface area contributed by atoms with Gasteiger partial charge in [-0.15, -0.1) is 0 Å². The van der Waals surface area contributed by atoms with Crippen LogP contribution in [0, 0.1) is 11.8 Å². The van der Waals surface area contributed by atoms with Gasteiger partial charge in [-0.25, -0.2) is 0 Å². The molecule has 190 valence electrons. The number of carbonyl (C=O) groups is 4. The minimum atomic E-state index is -0.551. The maximum absolute atomic E-state index is 12.7. The van der Waals surface area contributed by atoms with E-state index in [0.29, 0.717) is 50.3 Å². The summed E-state index contributed by atoms with van der Waals surface area (Å²) < 4.78 is 5.57. The lowest BCUT2D eigenvalue weighted by Gasteiger charge is -2.21. The molecule has 3 amide bonds. The van der Waals surface area contributed by atoms with E-state index >= 15 is 0 Å². The van der Waals surface area contributed by atoms with E-state index in [-0.39, 0.29) is 48.1 Å². The third-order valence-electron chi connectivity index (χ3n) is 6.39. The first-order chi connectivity index (χ1) is 16.7. The zero-order chi connectivity index (χ0) is 25.4. The number of amides is 3. The van der Waals surface area contributed by atoms with Gasteiger partial charge in [0.1, 0.15) is 5.58 Å². The normalized spacial score (nSPS) is 17.3. The van der Waals surface area contributed by atoms with Crippen LogP contribution in [0.3, 0.4) is 0 Å². The van der Waals surface area contributed by atoms with Gasteiger partial charge in [0.2, 0.25) is 11.8 Å². The number of Topliss-reactive ketones (excluding diaryl/α,β-unsaturated/α-hetero) is 1. The number of furan rings is 1. The van der Waals surface area contributed by atoms with Crippen molar-refractivity contribution in [2.45, 2.75) is 65.3 Å². The molecular weight excluding hydrogens is 446 g/mol. The molecular formula is C27H37N3O5. The van der Waals surface area contributed by atoms with Crippen molar-refractivity contribution in [3.05, 3.63) is 36.1 Å². The first kappa shape index (κ1) is 26.4. The van der Waals surface area contributed by atoms with Crippen LogP contribution in [0.5, 0.6) is 0 Å². The number of ketones is 1. The zero-order valence-corrected chi connectivity index (χ0v) is 21.0. The van der Waals surface area contributed by atoms with Crippen LogP contribution in [0.4, 0.5) is 0 Å². The highest BCUT2D eigenvalue weighted by Gasteiger charge is 2.28. The lowest BCUT2D eigenvalue weighted by molar-refractivity contribution is -0.135. The molecule has 1 saturated heterocycles. The molecule has 8 heteroatoms. The second-order valence-corrected chi connectivity index (χ2v) is 9.98. The molecule has 0 bridgehead atoms. The van der Waals surface area contributed by atoms with Gasteiger partial charge in [0.15, 0.2) is 11.5 Å². The van der Waals surface area contributed by atoms with Gasteiger partial charge in [-0.3, -0.25) is 19.2 Å². The Morgan fingerprint density at radius 3 is 2.66 bits per heavy atom. The highest BCUT2D eigenvalue weighted by atomic mass is 16.3. The topological polar surface area (TPSA) is 109 Å². The maximum Gasteiger partial charge on any atom is 0.287 e. The Morgan fingerprint density at radius 2 is 1.91 bits per heavy atom. The minimum absolute atomic E-state index is 0.0114. The molecule has 8 nitrogen and oxygen atoms in total. The van der Waals surface area contributed by atoms with E-state index in [4.69, 9.17) is 4.42 Å². The predicted octanol–water partition coefficient (Wildman–Crippen LogP) is 3.69. The Balaban J connectivity index is 1.38. The molecule has 3 rings (SSSR count). The molecule has 1 unspecified atom stereocenters. The molecule has 0 radical (unpaired) electrons. The monoisotopic (exact) mass is 483 g/mol. The summed E-state index contributed by atoms with van der Waals surface area (Å²) in [4.78, 5) is 51.6. The number of nitrogens with one attached hydrogen (secondary N) is 2. The lowest BCUT2D eigenvalue weighted by Crippen LogP contribution is -2.44. The predicted molar refractivity (Wildman–Crippen MR) is 134 cm³/mol. The van der Waals surface area contributed by atoms with Crippen LogP contribution >= 0.6 is 0 Å². The van der Waals surface area contributed by atoms with Gasteiger partial charge in [0.25, 0.3) is 5.91 Å². The molecule has 1 fully saturated rings. The first-order valence-electron chi connectivity index (χ1n) is 12.6. The number of carbonyl (C=O) groups excluding carboxylic acids is 4. The molecule has 0 saturated carbocycles. The summed E-state index contributed by atoms with van der Waals surface area (Å²) >= 11 is 0. The third kappa shape index (κ3) is 7.94. The Morgan fingerprint density at radius 1 is 1.14 bits per heavy atom. The highest BCUT2D eigenvalue weighted by Crippen LogP contribution is 2.19. The standard InChI is InChI=1S/C27H37N3O5/c1-18(2)10-11-26(33)30-14-6-8-21(22(31)17-30)29-25(32)15-19(3)12-13-28-27(34)24-16-20-7-4-5-9-23(20)35-24/h4-5,7,9,16,18-19,21H,6,8,10-15,17H2,1-3H3,(H,28,34)(H,29,32)/t19-,21?/m0/s1. The number of hydrogen-bond acceptors (Lipinski definition) is 5. The third-order valence-corrected chi connectivity index (χ3v) is 6.39. The van der Waals surface area contributed by atoms with Crippen molar-refractivity contribution in [2.24, 2.45) is 11.8 Å². The van der Waals surface area contributed by atoms with Crippen molar-refractivity contribution < 1.29 is 23.6 Å². The van der Waals surface area contributed by atoms with Gasteiger partial charge >= 0.3 is 0 Å². The summed E-state index contributed by atoms with van der Waals surface area (Å²) in [5, 5.41) is 6.57. The molecule has 2 atom stereocenters. The lowest BCUT2D eigenvalue weighted by atomic mass is 10.0. The van der Waals surface area contributed by atoms with Crippen LogP contribution in [-0.2, 0) is 14.4 Å². The maximum atomic E-state index is 12.7. The Hall–Kier alpha value is -3.16. The van der Waals surface area contributed by atoms with Crippen molar-refractivity contribution in [3.8, 4) is 0 Å². The molecule has 1 aliphatic heterocycles. The zero-order valence-electron chi connectivity index (χ0n) is 21.0. The van der Waals surface area contributed by atoms with Crippen LogP contribution in [0.1, 0.15) is 69.9 Å².